The summed E-state index contributed by atoms with van der Waals surface area (Å²) in [6.45, 7) is 1.36. The highest BCUT2D eigenvalue weighted by atomic mass is 35.5. The molecule has 0 fully saturated rings. The molecule has 1 rings (SSSR count). The van der Waals surface area contributed by atoms with Crippen LogP contribution in [0.15, 0.2) is 6.07 Å². The van der Waals surface area contributed by atoms with E-state index in [0.29, 0.717) is 0 Å². The summed E-state index contributed by atoms with van der Waals surface area (Å²) in [4.78, 5) is 14.6. The van der Waals surface area contributed by atoms with Crippen LogP contribution < -0.4 is 4.74 Å². The highest BCUT2D eigenvalue weighted by Gasteiger charge is 2.19. The molecule has 0 aromatic carbocycles. The SMILES string of the molecule is COc1cc(C(F)F)c(C)c(C(=O)Cl)n1. The molecule has 0 unspecified atom stereocenters. The first-order valence-electron chi connectivity index (χ1n) is 4.01. The molecule has 0 aliphatic carbocycles. The molecule has 0 spiro atoms. The first-order valence-corrected chi connectivity index (χ1v) is 4.38. The molecular weight excluding hydrogens is 228 g/mol. The highest BCUT2D eigenvalue weighted by molar-refractivity contribution is 6.67. The minimum absolute atomic E-state index is 0.0556. The number of carbonyl (C=O) groups excluding carboxylic acids is 1. The predicted molar refractivity (Wildman–Crippen MR) is 50.7 cm³/mol. The molecule has 6 heteroatoms. The summed E-state index contributed by atoms with van der Waals surface area (Å²) in [6, 6.07) is 1.09. The van der Waals surface area contributed by atoms with Crippen molar-refractivity contribution in [2.45, 2.75) is 13.3 Å². The Morgan fingerprint density at radius 2 is 2.20 bits per heavy atom. The fourth-order valence-corrected chi connectivity index (χ4v) is 1.31. The van der Waals surface area contributed by atoms with Gasteiger partial charge in [-0.2, -0.15) is 0 Å². The lowest BCUT2D eigenvalue weighted by molar-refractivity contribution is 0.107. The molecule has 15 heavy (non-hydrogen) atoms. The van der Waals surface area contributed by atoms with Crippen molar-refractivity contribution < 1.29 is 18.3 Å². The largest absolute Gasteiger partial charge is 0.481 e. The van der Waals surface area contributed by atoms with Gasteiger partial charge in [0.15, 0.2) is 0 Å². The van der Waals surface area contributed by atoms with Gasteiger partial charge in [0.2, 0.25) is 5.88 Å². The Morgan fingerprint density at radius 1 is 1.60 bits per heavy atom. The second-order valence-electron chi connectivity index (χ2n) is 2.80. The number of carbonyl (C=O) groups is 1. The third-order valence-electron chi connectivity index (χ3n) is 1.92. The molecule has 0 aliphatic rings. The van der Waals surface area contributed by atoms with Gasteiger partial charge in [0.1, 0.15) is 5.69 Å². The molecule has 0 bridgehead atoms. The average molecular weight is 236 g/mol. The number of hydrogen-bond acceptors (Lipinski definition) is 3. The standard InChI is InChI=1S/C9H8ClF2NO2/c1-4-5(9(11)12)3-6(15-2)13-7(4)8(10)14/h3,9H,1-2H3. The number of halogens is 3. The molecular formula is C9H8ClF2NO2. The van der Waals surface area contributed by atoms with E-state index in [9.17, 15) is 13.6 Å². The lowest BCUT2D eigenvalue weighted by atomic mass is 10.1. The van der Waals surface area contributed by atoms with Crippen LogP contribution in [0.4, 0.5) is 8.78 Å². The van der Waals surface area contributed by atoms with Crippen molar-refractivity contribution in [2.24, 2.45) is 0 Å². The third-order valence-corrected chi connectivity index (χ3v) is 2.10. The number of rotatable bonds is 3. The van der Waals surface area contributed by atoms with Crippen LogP contribution in [-0.4, -0.2) is 17.3 Å². The molecule has 1 heterocycles. The Balaban J connectivity index is 3.40. The Morgan fingerprint density at radius 3 is 2.60 bits per heavy atom. The van der Waals surface area contributed by atoms with Crippen LogP contribution >= 0.6 is 11.6 Å². The van der Waals surface area contributed by atoms with E-state index in [4.69, 9.17) is 16.3 Å². The van der Waals surface area contributed by atoms with Crippen molar-refractivity contribution in [3.63, 3.8) is 0 Å². The van der Waals surface area contributed by atoms with Gasteiger partial charge in [0, 0.05) is 11.6 Å². The second kappa shape index (κ2) is 4.53. The van der Waals surface area contributed by atoms with E-state index in [1.54, 1.807) is 0 Å². The zero-order valence-electron chi connectivity index (χ0n) is 8.05. The average Bonchev–Trinajstić information content (AvgIpc) is 2.17. The Hall–Kier alpha value is -1.23. The van der Waals surface area contributed by atoms with Gasteiger partial charge in [-0.25, -0.2) is 13.8 Å². The van der Waals surface area contributed by atoms with Gasteiger partial charge < -0.3 is 4.74 Å². The zero-order valence-corrected chi connectivity index (χ0v) is 8.81. The van der Waals surface area contributed by atoms with Crippen molar-refractivity contribution in [3.8, 4) is 5.88 Å². The van der Waals surface area contributed by atoms with Crippen LogP contribution in [0.2, 0.25) is 0 Å². The first-order chi connectivity index (χ1) is 6.97. The predicted octanol–water partition coefficient (Wildman–Crippen LogP) is 2.72. The second-order valence-corrected chi connectivity index (χ2v) is 3.15. The molecule has 0 radical (unpaired) electrons. The van der Waals surface area contributed by atoms with Crippen LogP contribution in [0, 0.1) is 6.92 Å². The molecule has 0 aliphatic heterocycles. The first kappa shape index (κ1) is 11.8. The number of aromatic nitrogens is 1. The highest BCUT2D eigenvalue weighted by Crippen LogP contribution is 2.28. The minimum Gasteiger partial charge on any atom is -0.481 e. The van der Waals surface area contributed by atoms with Gasteiger partial charge in [-0.15, -0.1) is 0 Å². The van der Waals surface area contributed by atoms with Crippen molar-refractivity contribution >= 4 is 16.8 Å². The summed E-state index contributed by atoms with van der Waals surface area (Å²) in [6.07, 6.45) is -2.70. The van der Waals surface area contributed by atoms with Crippen LogP contribution in [0.25, 0.3) is 0 Å². The summed E-state index contributed by atoms with van der Waals surface area (Å²) < 4.78 is 29.8. The molecule has 1 aromatic heterocycles. The lowest BCUT2D eigenvalue weighted by Crippen LogP contribution is -2.04. The van der Waals surface area contributed by atoms with Crippen molar-refractivity contribution in [3.05, 3.63) is 22.9 Å². The number of nitrogens with zero attached hydrogens (tertiary/aromatic N) is 1. The molecule has 3 nitrogen and oxygen atoms in total. The van der Waals surface area contributed by atoms with E-state index in [0.717, 1.165) is 6.07 Å². The van der Waals surface area contributed by atoms with E-state index < -0.39 is 11.7 Å². The van der Waals surface area contributed by atoms with Gasteiger partial charge in [0.25, 0.3) is 11.7 Å². The molecule has 0 amide bonds. The summed E-state index contributed by atoms with van der Waals surface area (Å²) in [5, 5.41) is -0.881. The summed E-state index contributed by atoms with van der Waals surface area (Å²) in [5.74, 6) is -0.0556. The smallest absolute Gasteiger partial charge is 0.271 e. The fourth-order valence-electron chi connectivity index (χ4n) is 1.13. The van der Waals surface area contributed by atoms with Gasteiger partial charge in [-0.1, -0.05) is 0 Å². The molecule has 0 saturated carbocycles. The molecule has 82 valence electrons. The minimum atomic E-state index is -2.70. The van der Waals surface area contributed by atoms with Crippen LogP contribution in [0.1, 0.15) is 28.0 Å². The topological polar surface area (TPSA) is 39.2 Å². The summed E-state index contributed by atoms with van der Waals surface area (Å²) in [7, 11) is 1.27. The summed E-state index contributed by atoms with van der Waals surface area (Å²) in [5.41, 5.74) is -0.428. The van der Waals surface area contributed by atoms with E-state index in [1.165, 1.54) is 14.0 Å². The number of pyridine rings is 1. The number of hydrogen-bond donors (Lipinski definition) is 0. The molecule has 1 aromatic rings. The Bertz CT molecular complexity index is 396. The maximum Gasteiger partial charge on any atom is 0.271 e. The zero-order chi connectivity index (χ0) is 11.6. The normalized spacial score (nSPS) is 10.5. The van der Waals surface area contributed by atoms with Gasteiger partial charge >= 0.3 is 0 Å². The van der Waals surface area contributed by atoms with Crippen molar-refractivity contribution in [2.75, 3.05) is 7.11 Å². The van der Waals surface area contributed by atoms with Crippen LogP contribution in [0.3, 0.4) is 0 Å². The number of alkyl halides is 2. The van der Waals surface area contributed by atoms with Gasteiger partial charge in [-0.3, -0.25) is 4.79 Å². The summed E-state index contributed by atoms with van der Waals surface area (Å²) >= 11 is 5.21. The Labute approximate surface area is 90.0 Å². The van der Waals surface area contributed by atoms with E-state index in [1.807, 2.05) is 0 Å². The van der Waals surface area contributed by atoms with E-state index in [2.05, 4.69) is 4.98 Å². The molecule has 0 saturated heterocycles. The maximum atomic E-state index is 12.5. The van der Waals surface area contributed by atoms with Crippen LogP contribution in [-0.2, 0) is 0 Å². The Kier molecular flexibility index (Phi) is 3.57. The maximum absolute atomic E-state index is 12.5. The lowest BCUT2D eigenvalue weighted by Gasteiger charge is -2.09. The quantitative estimate of drug-likeness (QED) is 0.756. The molecule has 0 N–H and O–H groups in total. The van der Waals surface area contributed by atoms with Crippen molar-refractivity contribution in [1.29, 1.82) is 0 Å². The van der Waals surface area contributed by atoms with E-state index >= 15 is 0 Å². The van der Waals surface area contributed by atoms with Gasteiger partial charge in [0.05, 0.1) is 7.11 Å². The number of methoxy groups -OCH3 is 1. The fraction of sp³-hybridized carbons (Fsp3) is 0.333. The van der Waals surface area contributed by atoms with Gasteiger partial charge in [-0.05, 0) is 24.1 Å². The van der Waals surface area contributed by atoms with Crippen molar-refractivity contribution in [1.82, 2.24) is 4.98 Å². The number of ether oxygens (including phenoxy) is 1. The third kappa shape index (κ3) is 2.41. The van der Waals surface area contributed by atoms with E-state index in [-0.39, 0.29) is 22.7 Å². The van der Waals surface area contributed by atoms with Crippen LogP contribution in [0.5, 0.6) is 5.88 Å². The monoisotopic (exact) mass is 235 g/mol. The molecule has 0 atom stereocenters.